The summed E-state index contributed by atoms with van der Waals surface area (Å²) in [5.74, 6) is 2.64. The monoisotopic (exact) mass is 1220 g/mol. The van der Waals surface area contributed by atoms with Crippen LogP contribution in [0.1, 0.15) is 153 Å². The van der Waals surface area contributed by atoms with Crippen molar-refractivity contribution in [2.45, 2.75) is 125 Å². The van der Waals surface area contributed by atoms with E-state index >= 15 is 0 Å². The average Bonchev–Trinajstić information content (AvgIpc) is 4.07. The third-order valence-electron chi connectivity index (χ3n) is 16.0. The van der Waals surface area contributed by atoms with Crippen LogP contribution in [0.5, 0.6) is 0 Å². The van der Waals surface area contributed by atoms with Crippen LogP contribution >= 0.6 is 0 Å². The molecule has 3 aromatic heterocycles. The van der Waals surface area contributed by atoms with E-state index in [1.165, 1.54) is 82.9 Å². The summed E-state index contributed by atoms with van der Waals surface area (Å²) < 4.78 is 9.33. The quantitative estimate of drug-likeness (QED) is 0.101. The number of benzene rings is 9. The molecule has 12 aromatic rings. The number of rotatable bonds is 10. The van der Waals surface area contributed by atoms with Gasteiger partial charge in [0.1, 0.15) is 5.58 Å². The SMILES string of the molecule is CC(C)(C)c1ccc(-c2[c-]cccc2)nc1.CC(C)c1cc(C(C)C)c(-c2ccc(-c3cc(C(C)C)c(-n4c(-c5[c-]ccc6c5oc5cc7c(ccc8ccccc87)cc56)nc5ccccc54)c(C(C)C)c3)cc2)c(C(C)C)c1.[Ir]. The Balaban J connectivity index is 0.000000364. The van der Waals surface area contributed by atoms with E-state index in [9.17, 15) is 0 Å². The number of furan rings is 1. The Kier molecular flexibility index (Phi) is 15.8. The fraction of sp³-hybridized carbons (Fsp3) is 0.253. The largest absolute Gasteiger partial charge is 0.501 e. The number of pyridine rings is 1. The summed E-state index contributed by atoms with van der Waals surface area (Å²) in [7, 11) is 0. The van der Waals surface area contributed by atoms with E-state index in [1.54, 1.807) is 0 Å². The summed E-state index contributed by atoms with van der Waals surface area (Å²) in [5.41, 5.74) is 21.2. The zero-order valence-corrected chi connectivity index (χ0v) is 51.1. The van der Waals surface area contributed by atoms with Gasteiger partial charge < -0.3 is 14.0 Å². The summed E-state index contributed by atoms with van der Waals surface area (Å²) >= 11 is 0. The predicted molar refractivity (Wildman–Crippen MR) is 336 cm³/mol. The number of aromatic nitrogens is 3. The van der Waals surface area contributed by atoms with Gasteiger partial charge in [-0.05, 0) is 154 Å². The number of imidazole rings is 1. The molecular formula is C75H73IrN3O-2. The number of hydrogen-bond acceptors (Lipinski definition) is 3. The third kappa shape index (κ3) is 10.6. The molecule has 405 valence electrons. The Morgan fingerprint density at radius 3 is 1.76 bits per heavy atom. The van der Waals surface area contributed by atoms with Gasteiger partial charge in [-0.25, -0.2) is 0 Å². The van der Waals surface area contributed by atoms with E-state index in [2.05, 4.69) is 251 Å². The van der Waals surface area contributed by atoms with Crippen LogP contribution in [-0.4, -0.2) is 14.5 Å². The Bertz CT molecular complexity index is 4130. The van der Waals surface area contributed by atoms with Crippen LogP contribution in [0.25, 0.3) is 105 Å². The van der Waals surface area contributed by atoms with Crippen LogP contribution in [0.4, 0.5) is 0 Å². The van der Waals surface area contributed by atoms with Gasteiger partial charge in [0.15, 0.2) is 0 Å². The summed E-state index contributed by atoms with van der Waals surface area (Å²) in [4.78, 5) is 9.91. The van der Waals surface area contributed by atoms with Crippen molar-refractivity contribution >= 4 is 54.5 Å². The molecule has 0 saturated heterocycles. The summed E-state index contributed by atoms with van der Waals surface area (Å²) in [5, 5.41) is 7.00. The van der Waals surface area contributed by atoms with Gasteiger partial charge in [0.25, 0.3) is 0 Å². The third-order valence-corrected chi connectivity index (χ3v) is 16.0. The summed E-state index contributed by atoms with van der Waals surface area (Å²) in [6.45, 7) is 29.8. The van der Waals surface area contributed by atoms with Crippen LogP contribution in [0.2, 0.25) is 0 Å². The van der Waals surface area contributed by atoms with Crippen molar-refractivity contribution in [1.29, 1.82) is 0 Å². The molecule has 9 aromatic carbocycles. The van der Waals surface area contributed by atoms with Gasteiger partial charge in [0.2, 0.25) is 0 Å². The van der Waals surface area contributed by atoms with Gasteiger partial charge in [-0.1, -0.05) is 198 Å². The first-order valence-electron chi connectivity index (χ1n) is 28.5. The van der Waals surface area contributed by atoms with Crippen molar-refractivity contribution in [2.75, 3.05) is 0 Å². The maximum atomic E-state index is 6.93. The molecule has 0 aliphatic rings. The van der Waals surface area contributed by atoms with Crippen molar-refractivity contribution in [1.82, 2.24) is 14.5 Å². The first-order chi connectivity index (χ1) is 37.9. The fourth-order valence-corrected chi connectivity index (χ4v) is 11.5. The zero-order chi connectivity index (χ0) is 55.4. The van der Waals surface area contributed by atoms with Gasteiger partial charge in [-0.15, -0.1) is 54.1 Å². The van der Waals surface area contributed by atoms with Crippen LogP contribution < -0.4 is 0 Å². The van der Waals surface area contributed by atoms with E-state index in [4.69, 9.17) is 9.40 Å². The number of para-hydroxylation sites is 2. The molecule has 0 unspecified atom stereocenters. The second kappa shape index (κ2) is 22.6. The fourth-order valence-electron chi connectivity index (χ4n) is 11.5. The molecule has 5 heteroatoms. The molecule has 3 heterocycles. The maximum Gasteiger partial charge on any atom is 0.121 e. The minimum Gasteiger partial charge on any atom is -0.501 e. The molecule has 0 spiro atoms. The molecule has 0 aliphatic carbocycles. The van der Waals surface area contributed by atoms with E-state index in [-0.39, 0.29) is 37.4 Å². The molecule has 0 fully saturated rings. The zero-order valence-electron chi connectivity index (χ0n) is 48.7. The molecule has 1 radical (unpaired) electrons. The van der Waals surface area contributed by atoms with Crippen molar-refractivity contribution in [3.8, 4) is 50.6 Å². The van der Waals surface area contributed by atoms with Gasteiger partial charge >= 0.3 is 0 Å². The number of hydrogen-bond donors (Lipinski definition) is 0. The van der Waals surface area contributed by atoms with Gasteiger partial charge in [-0.3, -0.25) is 4.98 Å². The average molecular weight is 1220 g/mol. The van der Waals surface area contributed by atoms with E-state index in [0.717, 1.165) is 55.6 Å². The molecule has 80 heavy (non-hydrogen) atoms. The molecule has 4 nitrogen and oxygen atoms in total. The topological polar surface area (TPSA) is 43.9 Å². The standard InChI is InChI=1S/C60H57N2O.C15H16N.Ir/c1-34(2)43-29-48(35(3)4)57(49(30-43)36(5)6)41-25-22-39(23-26-41)44-31-50(37(7)8)58(51(32-44)38(9)10)62-55-21-14-13-20-54(55)61-60(62)47-19-15-18-46-53-28-42-27-24-40-16-11-12-17-45(40)52(42)33-56(53)63-59(46)47;1-15(2,3)13-9-10-14(16-11-13)12-7-5-4-6-8-12;/h11-18,20-38H,1-10H3;4-7,9-11H,1-3H3;/q2*-1;. The summed E-state index contributed by atoms with van der Waals surface area (Å²) in [6, 6.07) is 68.3. The van der Waals surface area contributed by atoms with Crippen LogP contribution in [-0.2, 0) is 25.5 Å². The van der Waals surface area contributed by atoms with Gasteiger partial charge in [-0.2, -0.15) is 0 Å². The molecule has 0 N–H and O–H groups in total. The van der Waals surface area contributed by atoms with Crippen molar-refractivity contribution in [3.63, 3.8) is 0 Å². The summed E-state index contributed by atoms with van der Waals surface area (Å²) in [6.07, 6.45) is 1.95. The first-order valence-corrected chi connectivity index (χ1v) is 28.5. The Morgan fingerprint density at radius 2 is 1.14 bits per heavy atom. The number of nitrogens with zero attached hydrogens (tertiary/aromatic N) is 3. The second-order valence-electron chi connectivity index (χ2n) is 24.2. The molecule has 0 saturated carbocycles. The molecule has 0 amide bonds. The second-order valence-corrected chi connectivity index (χ2v) is 24.2. The minimum atomic E-state index is 0. The molecular weight excluding hydrogens is 1150 g/mol. The van der Waals surface area contributed by atoms with E-state index in [1.807, 2.05) is 36.5 Å². The van der Waals surface area contributed by atoms with Crippen molar-refractivity contribution in [2.24, 2.45) is 0 Å². The van der Waals surface area contributed by atoms with Crippen molar-refractivity contribution < 1.29 is 24.5 Å². The molecule has 0 atom stereocenters. The molecule has 12 rings (SSSR count). The maximum absolute atomic E-state index is 6.93. The smallest absolute Gasteiger partial charge is 0.121 e. The van der Waals surface area contributed by atoms with Gasteiger partial charge in [0, 0.05) is 37.4 Å². The minimum absolute atomic E-state index is 0. The van der Waals surface area contributed by atoms with E-state index < -0.39 is 0 Å². The Labute approximate surface area is 487 Å². The van der Waals surface area contributed by atoms with Gasteiger partial charge in [0.05, 0.1) is 22.4 Å². The Morgan fingerprint density at radius 1 is 0.500 bits per heavy atom. The molecule has 0 bridgehead atoms. The van der Waals surface area contributed by atoms with Crippen molar-refractivity contribution in [3.05, 3.63) is 222 Å². The number of fused-ring (bicyclic) bond motifs is 7. The first kappa shape index (κ1) is 55.9. The predicted octanol–water partition coefficient (Wildman–Crippen LogP) is 21.5. The Hall–Kier alpha value is -7.43. The van der Waals surface area contributed by atoms with Crippen LogP contribution in [0.15, 0.2) is 180 Å². The van der Waals surface area contributed by atoms with Crippen LogP contribution in [0, 0.1) is 12.1 Å². The van der Waals surface area contributed by atoms with E-state index in [0.29, 0.717) is 17.8 Å². The van der Waals surface area contributed by atoms with Crippen LogP contribution in [0.3, 0.4) is 0 Å². The molecule has 0 aliphatic heterocycles. The normalized spacial score (nSPS) is 12.0.